The summed E-state index contributed by atoms with van der Waals surface area (Å²) in [5, 5.41) is 25.8. The number of nitrogens with one attached hydrogen (secondary N) is 2. The molecule has 0 unspecified atom stereocenters. The molecule has 2 aliphatic carbocycles. The molecule has 5 N–H and O–H groups in total. The summed E-state index contributed by atoms with van der Waals surface area (Å²) < 4.78 is 18.6. The van der Waals surface area contributed by atoms with Gasteiger partial charge in [0.1, 0.15) is 11.8 Å². The van der Waals surface area contributed by atoms with Gasteiger partial charge in [-0.3, -0.25) is 19.1 Å². The van der Waals surface area contributed by atoms with Gasteiger partial charge in [0, 0.05) is 43.9 Å². The molecule has 0 aromatic carbocycles. The fraction of sp³-hybridized carbons (Fsp3) is 0.579. The quantitative estimate of drug-likeness (QED) is 0.225. The number of aliphatic hydroxyl groups excluding tert-OH is 1. The number of nitrogens with two attached hydrogens (primary N) is 1. The summed E-state index contributed by atoms with van der Waals surface area (Å²) in [6, 6.07) is 0. The van der Waals surface area contributed by atoms with Gasteiger partial charge in [0.05, 0.1) is 36.3 Å². The van der Waals surface area contributed by atoms with Crippen LogP contribution in [0.15, 0.2) is 64.7 Å². The van der Waals surface area contributed by atoms with Crippen molar-refractivity contribution in [3.8, 4) is 0 Å². The van der Waals surface area contributed by atoms with Crippen LogP contribution in [0, 0.1) is 17.8 Å². The second kappa shape index (κ2) is 18.9. The molecule has 0 radical (unpaired) electrons. The molecule has 0 saturated heterocycles. The number of carbonyl (C=O) groups is 4. The van der Waals surface area contributed by atoms with Crippen molar-refractivity contribution in [2.75, 3.05) is 14.2 Å². The van der Waals surface area contributed by atoms with E-state index in [1.54, 1.807) is 32.1 Å². The van der Waals surface area contributed by atoms with Crippen LogP contribution in [0.1, 0.15) is 78.3 Å². The van der Waals surface area contributed by atoms with E-state index in [0.717, 1.165) is 12.6 Å². The normalized spacial score (nSPS) is 30.1. The van der Waals surface area contributed by atoms with E-state index in [9.17, 15) is 24.3 Å². The van der Waals surface area contributed by atoms with Crippen LogP contribution in [-0.2, 0) is 41.7 Å². The minimum Gasteiger partial charge on any atom is -0.439 e. The third kappa shape index (κ3) is 10.8. The van der Waals surface area contributed by atoms with E-state index in [4.69, 9.17) is 19.9 Å². The smallest absolute Gasteiger partial charge is 0.405 e. The van der Waals surface area contributed by atoms with Crippen molar-refractivity contribution < 1.29 is 38.5 Å². The second-order valence-corrected chi connectivity index (χ2v) is 14.2. The summed E-state index contributed by atoms with van der Waals surface area (Å²) >= 11 is 0. The maximum absolute atomic E-state index is 14.0. The number of aromatic nitrogens is 3. The van der Waals surface area contributed by atoms with Gasteiger partial charge in [-0.1, -0.05) is 62.6 Å². The van der Waals surface area contributed by atoms with Crippen LogP contribution in [0.4, 0.5) is 4.79 Å². The minimum absolute atomic E-state index is 0.130. The number of Topliss-reactive ketones (excluding diaryl/α,β-unsaturated/α-hetero) is 1. The fourth-order valence-corrected chi connectivity index (χ4v) is 7.10. The van der Waals surface area contributed by atoms with Crippen molar-refractivity contribution in [3.05, 3.63) is 70.4 Å². The molecule has 1 aromatic heterocycles. The maximum Gasteiger partial charge on any atom is 0.405 e. The SMILES string of the molecule is CO[C@H]1/C=C\C=C(/C)C(=O)NC2=CC(=O)C(NCc3cn(CC4CCCCC4)nn3)=C(C[C@@H](C)C[C@H](OC)[C@H](O)[C@@H](C)/C=C(\C)[C@@H]1OC(N)=O)C2=O. The van der Waals surface area contributed by atoms with Crippen molar-refractivity contribution >= 4 is 23.6 Å². The lowest BCUT2D eigenvalue weighted by Crippen LogP contribution is -2.37. The van der Waals surface area contributed by atoms with E-state index in [1.165, 1.54) is 52.4 Å². The summed E-state index contributed by atoms with van der Waals surface area (Å²) in [5.41, 5.74) is 7.05. The first-order valence-corrected chi connectivity index (χ1v) is 18.0. The number of nitrogens with zero attached hydrogens (tertiary/aromatic N) is 3. The summed E-state index contributed by atoms with van der Waals surface area (Å²) in [4.78, 5) is 52.7. The highest BCUT2D eigenvalue weighted by molar-refractivity contribution is 6.23. The standard InChI is InChI=1S/C38H54N6O8/c1-22-15-28-33(40-19-27-21-44(43-42-27)20-26-12-8-7-9-13-26)30(45)18-29(35(28)47)41-37(48)23(2)11-10-14-31(50-5)36(52-38(39)49)25(4)17-24(3)34(46)32(16-22)51-6/h10-11,14,17-18,21-22,24,26,31-32,34,36,40,46H,7-9,12-13,15-16,19-20H2,1-6H3,(H2,39,49)(H,41,48)/b14-10-,23-11+,25-17+/t22-,24+,31+,32+,34-,36+/m1/s1. The van der Waals surface area contributed by atoms with Crippen molar-refractivity contribution in [3.63, 3.8) is 0 Å². The van der Waals surface area contributed by atoms with Crippen molar-refractivity contribution in [2.24, 2.45) is 23.5 Å². The number of ether oxygens (including phenoxy) is 3. The molecule has 1 aromatic rings. The number of carbonyl (C=O) groups excluding carboxylic acids is 4. The molecule has 0 spiro atoms. The zero-order valence-corrected chi connectivity index (χ0v) is 31.1. The van der Waals surface area contributed by atoms with Crippen molar-refractivity contribution in [2.45, 2.75) is 110 Å². The Hall–Kier alpha value is -4.40. The third-order valence-corrected chi connectivity index (χ3v) is 10.00. The molecule has 3 aliphatic rings. The van der Waals surface area contributed by atoms with Crippen LogP contribution in [0.5, 0.6) is 0 Å². The molecular weight excluding hydrogens is 668 g/mol. The molecule has 14 nitrogen and oxygen atoms in total. The number of hydrogen-bond acceptors (Lipinski definition) is 11. The first kappa shape index (κ1) is 40.4. The van der Waals surface area contributed by atoms with Gasteiger partial charge in [0.25, 0.3) is 5.91 Å². The van der Waals surface area contributed by atoms with Crippen LogP contribution >= 0.6 is 0 Å². The van der Waals surface area contributed by atoms with E-state index in [-0.39, 0.29) is 41.4 Å². The van der Waals surface area contributed by atoms with Crippen LogP contribution in [0.3, 0.4) is 0 Å². The highest BCUT2D eigenvalue weighted by Crippen LogP contribution is 2.29. The zero-order chi connectivity index (χ0) is 37.9. The minimum atomic E-state index is -1.00. The van der Waals surface area contributed by atoms with Crippen molar-refractivity contribution in [1.29, 1.82) is 0 Å². The predicted octanol–water partition coefficient (Wildman–Crippen LogP) is 3.72. The molecule has 2 bridgehead atoms. The van der Waals surface area contributed by atoms with Gasteiger partial charge >= 0.3 is 6.09 Å². The Bertz CT molecular complexity index is 1620. The van der Waals surface area contributed by atoms with Crippen LogP contribution in [0.2, 0.25) is 0 Å². The number of amides is 2. The molecule has 1 aliphatic heterocycles. The molecule has 4 rings (SSSR count). The summed E-state index contributed by atoms with van der Waals surface area (Å²) in [5.74, 6) is -1.67. The molecule has 2 heterocycles. The highest BCUT2D eigenvalue weighted by Gasteiger charge is 2.33. The fourth-order valence-electron chi connectivity index (χ4n) is 7.10. The van der Waals surface area contributed by atoms with Gasteiger partial charge in [-0.2, -0.15) is 0 Å². The number of fused-ring (bicyclic) bond motifs is 2. The Morgan fingerprint density at radius 3 is 2.52 bits per heavy atom. The number of rotatable bonds is 8. The van der Waals surface area contributed by atoms with E-state index >= 15 is 0 Å². The molecule has 52 heavy (non-hydrogen) atoms. The average molecular weight is 723 g/mol. The summed E-state index contributed by atoms with van der Waals surface area (Å²) in [6.45, 7) is 7.98. The molecule has 14 heteroatoms. The number of primary amides is 1. The number of aliphatic hydroxyl groups is 1. The second-order valence-electron chi connectivity index (χ2n) is 14.2. The van der Waals surface area contributed by atoms with Gasteiger partial charge in [0.15, 0.2) is 6.10 Å². The Labute approximate surface area is 305 Å². The first-order chi connectivity index (χ1) is 24.8. The van der Waals surface area contributed by atoms with E-state index in [1.807, 2.05) is 24.7 Å². The Balaban J connectivity index is 1.65. The van der Waals surface area contributed by atoms with Crippen LogP contribution < -0.4 is 16.4 Å². The summed E-state index contributed by atoms with van der Waals surface area (Å²) in [6.07, 6.45) is 11.6. The lowest BCUT2D eigenvalue weighted by molar-refractivity contribution is -0.120. The monoisotopic (exact) mass is 722 g/mol. The van der Waals surface area contributed by atoms with Crippen LogP contribution in [-0.4, -0.2) is 82.3 Å². The van der Waals surface area contributed by atoms with Crippen LogP contribution in [0.25, 0.3) is 0 Å². The Morgan fingerprint density at radius 2 is 1.85 bits per heavy atom. The molecule has 1 saturated carbocycles. The average Bonchev–Trinajstić information content (AvgIpc) is 3.56. The van der Waals surface area contributed by atoms with Gasteiger partial charge in [-0.05, 0) is 56.9 Å². The van der Waals surface area contributed by atoms with E-state index in [0.29, 0.717) is 23.6 Å². The molecule has 284 valence electrons. The largest absolute Gasteiger partial charge is 0.439 e. The van der Waals surface area contributed by atoms with Gasteiger partial charge in [-0.25, -0.2) is 4.79 Å². The Morgan fingerprint density at radius 1 is 1.12 bits per heavy atom. The Kier molecular flexibility index (Phi) is 14.7. The first-order valence-electron chi connectivity index (χ1n) is 18.0. The molecule has 2 amide bonds. The topological polar surface area (TPSA) is 197 Å². The predicted molar refractivity (Wildman–Crippen MR) is 193 cm³/mol. The van der Waals surface area contributed by atoms with Gasteiger partial charge < -0.3 is 35.7 Å². The zero-order valence-electron chi connectivity index (χ0n) is 31.1. The number of ketones is 2. The third-order valence-electron chi connectivity index (χ3n) is 10.00. The van der Waals surface area contributed by atoms with E-state index < -0.39 is 53.9 Å². The number of methoxy groups -OCH3 is 2. The lowest BCUT2D eigenvalue weighted by atomic mass is 9.85. The molecule has 1 fully saturated rings. The van der Waals surface area contributed by atoms with Gasteiger partial charge in [0.2, 0.25) is 11.6 Å². The highest BCUT2D eigenvalue weighted by atomic mass is 16.6. The van der Waals surface area contributed by atoms with E-state index in [2.05, 4.69) is 20.9 Å². The lowest BCUT2D eigenvalue weighted by Gasteiger charge is -2.30. The van der Waals surface area contributed by atoms with Crippen molar-refractivity contribution in [1.82, 2.24) is 25.6 Å². The maximum atomic E-state index is 14.0. The molecular formula is C38H54N6O8. The summed E-state index contributed by atoms with van der Waals surface area (Å²) in [7, 11) is 2.94. The molecule has 6 atom stereocenters. The number of hydrogen-bond donors (Lipinski definition) is 4. The van der Waals surface area contributed by atoms with Gasteiger partial charge in [-0.15, -0.1) is 5.10 Å². The number of allylic oxidation sites excluding steroid dienone is 4.